The van der Waals surface area contributed by atoms with Gasteiger partial charge in [0.05, 0.1) is 42.6 Å². The Hall–Kier alpha value is -4.03. The number of carbonyl (C=O) groups is 1. The third-order valence-electron chi connectivity index (χ3n) is 5.55. The lowest BCUT2D eigenvalue weighted by atomic mass is 10.2. The average Bonchev–Trinajstić information content (AvgIpc) is 2.95. The Balaban J connectivity index is 1.86. The van der Waals surface area contributed by atoms with E-state index >= 15 is 0 Å². The molecule has 0 heterocycles. The predicted molar refractivity (Wildman–Crippen MR) is 157 cm³/mol. The van der Waals surface area contributed by atoms with Crippen LogP contribution in [-0.2, 0) is 14.8 Å². The lowest BCUT2D eigenvalue weighted by Crippen LogP contribution is -2.39. The van der Waals surface area contributed by atoms with Crippen LogP contribution in [-0.4, -0.2) is 55.0 Å². The number of halogens is 1. The summed E-state index contributed by atoms with van der Waals surface area (Å²) in [6, 6.07) is 14.4. The molecule has 0 atom stereocenters. The molecule has 0 aliphatic heterocycles. The van der Waals surface area contributed by atoms with Crippen molar-refractivity contribution in [3.05, 3.63) is 82.9 Å². The molecule has 0 aromatic heterocycles. The molecule has 3 aromatic carbocycles. The Morgan fingerprint density at radius 2 is 1.68 bits per heavy atom. The monoisotopic (exact) mass is 631 g/mol. The fourth-order valence-electron chi connectivity index (χ4n) is 3.57. The van der Waals surface area contributed by atoms with Crippen molar-refractivity contribution >= 4 is 43.8 Å². The number of nitrogens with one attached hydrogen (secondary N) is 1. The SMILES string of the molecule is C=CCOc1c(Br)cc(/C=N\NC(=O)CN(c2ccc(C)cc2)S(=O)(=O)c2ccc(OC)c(OC)c2)cc1OC. The molecule has 10 nitrogen and oxygen atoms in total. The number of aryl methyl sites for hydroxylation is 1. The highest BCUT2D eigenvalue weighted by atomic mass is 79.9. The molecule has 40 heavy (non-hydrogen) atoms. The van der Waals surface area contributed by atoms with Gasteiger partial charge in [-0.05, 0) is 64.8 Å². The van der Waals surface area contributed by atoms with Crippen molar-refractivity contribution in [1.29, 1.82) is 0 Å². The van der Waals surface area contributed by atoms with Gasteiger partial charge in [-0.15, -0.1) is 0 Å². The van der Waals surface area contributed by atoms with E-state index in [-0.39, 0.29) is 10.6 Å². The molecular formula is C28H30BrN3O7S. The fourth-order valence-corrected chi connectivity index (χ4v) is 5.58. The minimum absolute atomic E-state index is 0.0715. The molecule has 0 unspecified atom stereocenters. The van der Waals surface area contributed by atoms with Crippen LogP contribution in [0, 0.1) is 6.92 Å². The van der Waals surface area contributed by atoms with Crippen molar-refractivity contribution < 1.29 is 32.2 Å². The van der Waals surface area contributed by atoms with E-state index in [0.717, 1.165) is 9.87 Å². The second-order valence-corrected chi connectivity index (χ2v) is 11.0. The van der Waals surface area contributed by atoms with E-state index in [1.165, 1.54) is 45.7 Å². The first kappa shape index (κ1) is 30.5. The average molecular weight is 633 g/mol. The summed E-state index contributed by atoms with van der Waals surface area (Å²) in [4.78, 5) is 12.8. The number of hydrogen-bond acceptors (Lipinski definition) is 8. The van der Waals surface area contributed by atoms with Crippen LogP contribution >= 0.6 is 15.9 Å². The van der Waals surface area contributed by atoms with E-state index in [1.54, 1.807) is 42.5 Å². The summed E-state index contributed by atoms with van der Waals surface area (Å²) >= 11 is 3.44. The van der Waals surface area contributed by atoms with Gasteiger partial charge in [-0.2, -0.15) is 5.10 Å². The molecule has 0 fully saturated rings. The molecule has 1 amide bonds. The van der Waals surface area contributed by atoms with E-state index in [4.69, 9.17) is 18.9 Å². The van der Waals surface area contributed by atoms with Gasteiger partial charge in [0.25, 0.3) is 15.9 Å². The van der Waals surface area contributed by atoms with Crippen molar-refractivity contribution in [1.82, 2.24) is 5.43 Å². The number of anilines is 1. The maximum absolute atomic E-state index is 13.7. The topological polar surface area (TPSA) is 116 Å². The molecule has 1 N–H and O–H groups in total. The summed E-state index contributed by atoms with van der Waals surface area (Å²) in [6.07, 6.45) is 3.02. The van der Waals surface area contributed by atoms with Gasteiger partial charge in [-0.3, -0.25) is 9.10 Å². The zero-order chi connectivity index (χ0) is 29.3. The standard InChI is InChI=1S/C28H30BrN3O7S/c1-6-13-39-28-23(29)14-20(15-26(28)38-5)17-30-31-27(33)18-32(21-9-7-19(2)8-10-21)40(34,35)22-11-12-24(36-3)25(16-22)37-4/h6-12,14-17H,1,13,18H2,2-5H3,(H,31,33)/b30-17-. The van der Waals surface area contributed by atoms with Gasteiger partial charge in [0.15, 0.2) is 23.0 Å². The number of rotatable bonds is 13. The van der Waals surface area contributed by atoms with Crippen molar-refractivity contribution in [3.63, 3.8) is 0 Å². The first-order chi connectivity index (χ1) is 19.1. The zero-order valence-corrected chi connectivity index (χ0v) is 24.9. The van der Waals surface area contributed by atoms with Crippen LogP contribution in [0.25, 0.3) is 0 Å². The molecular weight excluding hydrogens is 602 g/mol. The van der Waals surface area contributed by atoms with Crippen molar-refractivity contribution in [3.8, 4) is 23.0 Å². The quantitative estimate of drug-likeness (QED) is 0.165. The smallest absolute Gasteiger partial charge is 0.264 e. The summed E-state index contributed by atoms with van der Waals surface area (Å²) in [5.74, 6) is 0.911. The second kappa shape index (κ2) is 13.9. The maximum Gasteiger partial charge on any atom is 0.264 e. The normalized spacial score (nSPS) is 11.1. The van der Waals surface area contributed by atoms with E-state index < -0.39 is 22.5 Å². The van der Waals surface area contributed by atoms with Gasteiger partial charge in [-0.1, -0.05) is 30.4 Å². The molecule has 0 radical (unpaired) electrons. The van der Waals surface area contributed by atoms with Gasteiger partial charge in [0.2, 0.25) is 0 Å². The minimum atomic E-state index is -4.18. The molecule has 0 aliphatic carbocycles. The largest absolute Gasteiger partial charge is 0.493 e. The molecule has 0 saturated heterocycles. The summed E-state index contributed by atoms with van der Waals surface area (Å²) in [7, 11) is 0.185. The Labute approximate surface area is 242 Å². The number of amides is 1. The van der Waals surface area contributed by atoms with Crippen LogP contribution in [0.3, 0.4) is 0 Å². The number of sulfonamides is 1. The van der Waals surface area contributed by atoms with Gasteiger partial charge >= 0.3 is 0 Å². The molecule has 0 bridgehead atoms. The Morgan fingerprint density at radius 1 is 1.00 bits per heavy atom. The Kier molecular flexibility index (Phi) is 10.6. The minimum Gasteiger partial charge on any atom is -0.493 e. The maximum atomic E-state index is 13.7. The Bertz CT molecular complexity index is 1490. The molecule has 3 aromatic rings. The summed E-state index contributed by atoms with van der Waals surface area (Å²) < 4.78 is 50.5. The van der Waals surface area contributed by atoms with Gasteiger partial charge in [0.1, 0.15) is 13.2 Å². The van der Waals surface area contributed by atoms with Crippen LogP contribution in [0.15, 0.2) is 81.7 Å². The molecule has 0 spiro atoms. The second-order valence-electron chi connectivity index (χ2n) is 8.29. The van der Waals surface area contributed by atoms with Crippen molar-refractivity contribution in [2.24, 2.45) is 5.10 Å². The van der Waals surface area contributed by atoms with Crippen LogP contribution in [0.1, 0.15) is 11.1 Å². The van der Waals surface area contributed by atoms with Crippen LogP contribution in [0.4, 0.5) is 5.69 Å². The number of benzene rings is 3. The van der Waals surface area contributed by atoms with Crippen LogP contribution in [0.5, 0.6) is 23.0 Å². The summed E-state index contributed by atoms with van der Waals surface area (Å²) in [5, 5.41) is 4.00. The molecule has 12 heteroatoms. The zero-order valence-electron chi connectivity index (χ0n) is 22.5. The van der Waals surface area contributed by atoms with Gasteiger partial charge in [-0.25, -0.2) is 13.8 Å². The molecule has 0 saturated carbocycles. The number of hydrazone groups is 1. The van der Waals surface area contributed by atoms with E-state index in [1.807, 2.05) is 6.92 Å². The van der Waals surface area contributed by atoms with Gasteiger partial charge in [0, 0.05) is 6.07 Å². The summed E-state index contributed by atoms with van der Waals surface area (Å²) in [6.45, 7) is 5.28. The van der Waals surface area contributed by atoms with E-state index in [9.17, 15) is 13.2 Å². The van der Waals surface area contributed by atoms with Crippen molar-refractivity contribution in [2.45, 2.75) is 11.8 Å². The van der Waals surface area contributed by atoms with Crippen LogP contribution in [0.2, 0.25) is 0 Å². The Morgan fingerprint density at radius 3 is 2.30 bits per heavy atom. The summed E-state index contributed by atoms with van der Waals surface area (Å²) in [5.41, 5.74) is 4.23. The first-order valence-corrected chi connectivity index (χ1v) is 14.1. The lowest BCUT2D eigenvalue weighted by molar-refractivity contribution is -0.119. The van der Waals surface area contributed by atoms with Gasteiger partial charge < -0.3 is 18.9 Å². The first-order valence-electron chi connectivity index (χ1n) is 11.9. The van der Waals surface area contributed by atoms with E-state index in [2.05, 4.69) is 33.0 Å². The van der Waals surface area contributed by atoms with Crippen molar-refractivity contribution in [2.75, 3.05) is 38.8 Å². The lowest BCUT2D eigenvalue weighted by Gasteiger charge is -2.24. The highest BCUT2D eigenvalue weighted by Crippen LogP contribution is 2.36. The highest BCUT2D eigenvalue weighted by Gasteiger charge is 2.28. The van der Waals surface area contributed by atoms with Crippen LogP contribution < -0.4 is 28.7 Å². The van der Waals surface area contributed by atoms with E-state index in [0.29, 0.717) is 39.6 Å². The third-order valence-corrected chi connectivity index (χ3v) is 7.91. The number of hydrogen-bond donors (Lipinski definition) is 1. The molecule has 0 aliphatic rings. The fraction of sp³-hybridized carbons (Fsp3) is 0.214. The number of carbonyl (C=O) groups excluding carboxylic acids is 1. The number of ether oxygens (including phenoxy) is 4. The molecule has 212 valence electrons. The molecule has 3 rings (SSSR count). The number of methoxy groups -OCH3 is 3. The number of nitrogens with zero attached hydrogens (tertiary/aromatic N) is 2. The third kappa shape index (κ3) is 7.33. The predicted octanol–water partition coefficient (Wildman–Crippen LogP) is 4.69. The highest BCUT2D eigenvalue weighted by molar-refractivity contribution is 9.10.